The quantitative estimate of drug-likeness (QED) is 0.750. The molecule has 0 spiro atoms. The molecule has 0 N–H and O–H groups in total. The normalized spacial score (nSPS) is 38.2. The fourth-order valence-corrected chi connectivity index (χ4v) is 3.82. The van der Waals surface area contributed by atoms with Crippen molar-refractivity contribution in [2.45, 2.75) is 44.6 Å². The Morgan fingerprint density at radius 3 is 2.88 bits per heavy atom. The van der Waals surface area contributed by atoms with Crippen LogP contribution in [0.5, 0.6) is 0 Å². The molecule has 2 aliphatic heterocycles. The second-order valence-electron chi connectivity index (χ2n) is 5.90. The third-order valence-electron chi connectivity index (χ3n) is 4.87. The first-order valence-electron chi connectivity index (χ1n) is 7.19. The number of carbonyl (C=O) groups is 1. The lowest BCUT2D eigenvalue weighted by molar-refractivity contribution is -0.124. The van der Waals surface area contributed by atoms with E-state index in [0.29, 0.717) is 18.9 Å². The van der Waals surface area contributed by atoms with Crippen molar-refractivity contribution in [2.75, 3.05) is 26.3 Å². The third kappa shape index (κ3) is 2.41. The maximum absolute atomic E-state index is 12.2. The highest BCUT2D eigenvalue weighted by atomic mass is 16.5. The fourth-order valence-electron chi connectivity index (χ4n) is 3.82. The van der Waals surface area contributed by atoms with Crippen molar-refractivity contribution in [1.82, 2.24) is 4.90 Å². The summed E-state index contributed by atoms with van der Waals surface area (Å²) in [6.45, 7) is 3.28. The Hall–Kier alpha value is -0.410. The SMILES string of the molecule is O=C(CN1CCC2CCCCC21)C1CCOC1. The molecule has 2 heterocycles. The van der Waals surface area contributed by atoms with Crippen molar-refractivity contribution in [2.24, 2.45) is 11.8 Å². The minimum absolute atomic E-state index is 0.192. The summed E-state index contributed by atoms with van der Waals surface area (Å²) >= 11 is 0. The number of rotatable bonds is 3. The zero-order chi connectivity index (χ0) is 11.7. The van der Waals surface area contributed by atoms with Crippen LogP contribution in [0.2, 0.25) is 0 Å². The molecule has 3 rings (SSSR count). The lowest BCUT2D eigenvalue weighted by Gasteiger charge is -2.31. The van der Waals surface area contributed by atoms with Gasteiger partial charge in [-0.15, -0.1) is 0 Å². The van der Waals surface area contributed by atoms with Crippen molar-refractivity contribution in [1.29, 1.82) is 0 Å². The second-order valence-corrected chi connectivity index (χ2v) is 5.90. The lowest BCUT2D eigenvalue weighted by Crippen LogP contribution is -2.39. The number of ether oxygens (including phenoxy) is 1. The topological polar surface area (TPSA) is 29.5 Å². The summed E-state index contributed by atoms with van der Waals surface area (Å²) in [5, 5.41) is 0. The number of hydrogen-bond donors (Lipinski definition) is 0. The minimum Gasteiger partial charge on any atom is -0.381 e. The first-order chi connectivity index (χ1) is 8.34. The van der Waals surface area contributed by atoms with Crippen LogP contribution in [0, 0.1) is 11.8 Å². The van der Waals surface area contributed by atoms with E-state index in [1.807, 2.05) is 0 Å². The van der Waals surface area contributed by atoms with Gasteiger partial charge in [-0.05, 0) is 38.1 Å². The van der Waals surface area contributed by atoms with Gasteiger partial charge in [0.25, 0.3) is 0 Å². The highest BCUT2D eigenvalue weighted by Gasteiger charge is 2.37. The smallest absolute Gasteiger partial charge is 0.152 e. The van der Waals surface area contributed by atoms with Crippen molar-refractivity contribution >= 4 is 5.78 Å². The largest absolute Gasteiger partial charge is 0.381 e. The van der Waals surface area contributed by atoms with Crippen LogP contribution in [0.15, 0.2) is 0 Å². The van der Waals surface area contributed by atoms with Crippen LogP contribution in [0.4, 0.5) is 0 Å². The molecule has 3 atom stereocenters. The number of ketones is 1. The highest BCUT2D eigenvalue weighted by molar-refractivity contribution is 5.83. The van der Waals surface area contributed by atoms with Crippen molar-refractivity contribution in [3.63, 3.8) is 0 Å². The Bertz CT molecular complexity index is 286. The highest BCUT2D eigenvalue weighted by Crippen LogP contribution is 2.36. The minimum atomic E-state index is 0.192. The third-order valence-corrected chi connectivity index (χ3v) is 4.87. The molecule has 3 heteroatoms. The molecular weight excluding hydrogens is 214 g/mol. The summed E-state index contributed by atoms with van der Waals surface area (Å²) in [6.07, 6.45) is 7.73. The van der Waals surface area contributed by atoms with Crippen LogP contribution < -0.4 is 0 Å². The molecule has 2 saturated heterocycles. The monoisotopic (exact) mass is 237 g/mol. The molecule has 0 amide bonds. The van der Waals surface area contributed by atoms with Crippen LogP contribution in [0.1, 0.15) is 38.5 Å². The van der Waals surface area contributed by atoms with Crippen LogP contribution in [0.25, 0.3) is 0 Å². The number of fused-ring (bicyclic) bond motifs is 1. The molecular formula is C14H23NO2. The zero-order valence-corrected chi connectivity index (χ0v) is 10.6. The van der Waals surface area contributed by atoms with Crippen LogP contribution >= 0.6 is 0 Å². The lowest BCUT2D eigenvalue weighted by atomic mass is 9.85. The predicted molar refractivity (Wildman–Crippen MR) is 65.9 cm³/mol. The number of hydrogen-bond acceptors (Lipinski definition) is 3. The van der Waals surface area contributed by atoms with E-state index in [1.54, 1.807) is 0 Å². The van der Waals surface area contributed by atoms with Crippen molar-refractivity contribution in [3.8, 4) is 0 Å². The summed E-state index contributed by atoms with van der Waals surface area (Å²) < 4.78 is 5.31. The van der Waals surface area contributed by atoms with E-state index >= 15 is 0 Å². The molecule has 0 radical (unpaired) electrons. The Labute approximate surface area is 104 Å². The first kappa shape index (κ1) is 11.7. The number of carbonyl (C=O) groups excluding carboxylic acids is 1. The maximum atomic E-state index is 12.2. The van der Waals surface area contributed by atoms with Gasteiger partial charge in [-0.2, -0.15) is 0 Å². The summed E-state index contributed by atoms with van der Waals surface area (Å²) in [5.74, 6) is 1.50. The van der Waals surface area contributed by atoms with E-state index in [0.717, 1.165) is 31.5 Å². The molecule has 1 aliphatic carbocycles. The van der Waals surface area contributed by atoms with Crippen LogP contribution in [-0.2, 0) is 9.53 Å². The van der Waals surface area contributed by atoms with Gasteiger partial charge >= 0.3 is 0 Å². The summed E-state index contributed by atoms with van der Waals surface area (Å²) in [7, 11) is 0. The molecule has 3 unspecified atom stereocenters. The average molecular weight is 237 g/mol. The molecule has 96 valence electrons. The van der Waals surface area contributed by atoms with Crippen molar-refractivity contribution in [3.05, 3.63) is 0 Å². The summed E-state index contributed by atoms with van der Waals surface area (Å²) in [6, 6.07) is 0.718. The fraction of sp³-hybridized carbons (Fsp3) is 0.929. The first-order valence-corrected chi connectivity index (χ1v) is 7.19. The zero-order valence-electron chi connectivity index (χ0n) is 10.6. The Balaban J connectivity index is 1.56. The van der Waals surface area contributed by atoms with Crippen LogP contribution in [-0.4, -0.2) is 43.0 Å². The molecule has 3 nitrogen and oxygen atoms in total. The number of Topliss-reactive ketones (excluding diaryl/α,β-unsaturated/α-hetero) is 1. The molecule has 0 aromatic carbocycles. The molecule has 3 fully saturated rings. The predicted octanol–water partition coefficient (Wildman–Crippen LogP) is 1.86. The van der Waals surface area contributed by atoms with E-state index in [1.165, 1.54) is 32.1 Å². The van der Waals surface area contributed by atoms with Gasteiger partial charge < -0.3 is 4.74 Å². The van der Waals surface area contributed by atoms with Gasteiger partial charge in [0.05, 0.1) is 13.2 Å². The molecule has 17 heavy (non-hydrogen) atoms. The Kier molecular flexibility index (Phi) is 3.48. The average Bonchev–Trinajstić information content (AvgIpc) is 2.98. The molecule has 0 bridgehead atoms. The van der Waals surface area contributed by atoms with Gasteiger partial charge in [-0.1, -0.05) is 12.8 Å². The van der Waals surface area contributed by atoms with E-state index in [4.69, 9.17) is 4.74 Å². The van der Waals surface area contributed by atoms with Gasteiger partial charge in [0.2, 0.25) is 0 Å². The van der Waals surface area contributed by atoms with Gasteiger partial charge in [-0.25, -0.2) is 0 Å². The van der Waals surface area contributed by atoms with E-state index in [-0.39, 0.29) is 5.92 Å². The Morgan fingerprint density at radius 1 is 1.18 bits per heavy atom. The summed E-state index contributed by atoms with van der Waals surface area (Å²) in [5.41, 5.74) is 0. The number of nitrogens with zero attached hydrogens (tertiary/aromatic N) is 1. The van der Waals surface area contributed by atoms with E-state index in [2.05, 4.69) is 4.90 Å². The second kappa shape index (κ2) is 5.07. The van der Waals surface area contributed by atoms with Gasteiger partial charge in [0.1, 0.15) is 0 Å². The van der Waals surface area contributed by atoms with Crippen molar-refractivity contribution < 1.29 is 9.53 Å². The molecule has 3 aliphatic rings. The van der Waals surface area contributed by atoms with Gasteiger partial charge in [-0.3, -0.25) is 9.69 Å². The Morgan fingerprint density at radius 2 is 2.06 bits per heavy atom. The molecule has 0 aromatic rings. The van der Waals surface area contributed by atoms with Gasteiger partial charge in [0.15, 0.2) is 5.78 Å². The van der Waals surface area contributed by atoms with E-state index < -0.39 is 0 Å². The number of likely N-dealkylation sites (tertiary alicyclic amines) is 1. The van der Waals surface area contributed by atoms with Gasteiger partial charge in [0, 0.05) is 18.6 Å². The molecule has 0 aromatic heterocycles. The summed E-state index contributed by atoms with van der Waals surface area (Å²) in [4.78, 5) is 14.6. The maximum Gasteiger partial charge on any atom is 0.152 e. The van der Waals surface area contributed by atoms with Crippen LogP contribution in [0.3, 0.4) is 0 Å². The molecule has 1 saturated carbocycles. The standard InChI is InChI=1S/C14H23NO2/c16-14(12-6-8-17-10-12)9-15-7-5-11-3-1-2-4-13(11)15/h11-13H,1-10H2. The van der Waals surface area contributed by atoms with E-state index in [9.17, 15) is 4.79 Å².